The lowest BCUT2D eigenvalue weighted by molar-refractivity contribution is 0.0793. The Bertz CT molecular complexity index is 1300. The molecule has 4 rings (SSSR count). The molecular weight excluding hydrogens is 424 g/mol. The Hall–Kier alpha value is -3.62. The molecule has 1 atom stereocenters. The molecule has 0 saturated carbocycles. The number of hydrogen-bond acceptors (Lipinski definition) is 8. The summed E-state index contributed by atoms with van der Waals surface area (Å²) in [5.74, 6) is 0.726. The van der Waals surface area contributed by atoms with E-state index >= 15 is 0 Å². The molecular formula is C24H28N4O5. The Kier molecular flexibility index (Phi) is 5.51. The van der Waals surface area contributed by atoms with Crippen LogP contribution in [0.2, 0.25) is 0 Å². The monoisotopic (exact) mass is 452 g/mol. The Labute approximate surface area is 191 Å². The van der Waals surface area contributed by atoms with Crippen LogP contribution in [0.15, 0.2) is 32.3 Å². The second kappa shape index (κ2) is 8.06. The summed E-state index contributed by atoms with van der Waals surface area (Å²) in [6.07, 6.45) is 3.12. The van der Waals surface area contributed by atoms with Crippen LogP contribution in [0.25, 0.3) is 0 Å². The number of aryl methyl sites for hydroxylation is 2. The molecule has 174 valence electrons. The molecule has 1 aliphatic rings. The lowest BCUT2D eigenvalue weighted by Gasteiger charge is -2.38. The molecule has 1 aromatic carbocycles. The van der Waals surface area contributed by atoms with Gasteiger partial charge in [0.1, 0.15) is 22.9 Å². The van der Waals surface area contributed by atoms with Crippen LogP contribution in [0.1, 0.15) is 60.8 Å². The predicted octanol–water partition coefficient (Wildman–Crippen LogP) is 3.25. The van der Waals surface area contributed by atoms with Crippen molar-refractivity contribution in [3.05, 3.63) is 61.6 Å². The molecule has 0 saturated heterocycles. The maximum atomic E-state index is 12.5. The highest BCUT2D eigenvalue weighted by molar-refractivity contribution is 5.97. The number of furan rings is 1. The highest BCUT2D eigenvalue weighted by Gasteiger charge is 2.40. The van der Waals surface area contributed by atoms with E-state index < -0.39 is 16.8 Å². The number of nitrogens with one attached hydrogen (secondary N) is 2. The number of pyridine rings is 1. The Morgan fingerprint density at radius 1 is 1.30 bits per heavy atom. The molecule has 0 radical (unpaired) electrons. The van der Waals surface area contributed by atoms with Crippen molar-refractivity contribution < 1.29 is 14.3 Å². The maximum Gasteiger partial charge on any atom is 0.276 e. The van der Waals surface area contributed by atoms with Crippen LogP contribution in [0, 0.1) is 12.3 Å². The van der Waals surface area contributed by atoms with Crippen molar-refractivity contribution in [2.75, 3.05) is 24.2 Å². The highest BCUT2D eigenvalue weighted by Crippen LogP contribution is 2.46. The van der Waals surface area contributed by atoms with E-state index in [2.05, 4.69) is 29.5 Å². The van der Waals surface area contributed by atoms with Gasteiger partial charge in [0.2, 0.25) is 0 Å². The van der Waals surface area contributed by atoms with Gasteiger partial charge in [-0.2, -0.15) is 0 Å². The van der Waals surface area contributed by atoms with Crippen molar-refractivity contribution in [3.63, 3.8) is 0 Å². The topological polar surface area (TPSA) is 125 Å². The van der Waals surface area contributed by atoms with Crippen LogP contribution in [0.4, 0.5) is 17.1 Å². The number of anilines is 3. The number of carbonyl (C=O) groups is 1. The Balaban J connectivity index is 1.67. The SMILES string of the molecule is CCN(C)C(=O)c1nccc(Nc2c(NC3c4oc(C)cc4CCC3(C)C)c(=O)c2=O)c1O. The zero-order valence-electron chi connectivity index (χ0n) is 19.4. The quantitative estimate of drug-likeness (QED) is 0.487. The average Bonchev–Trinajstić information content (AvgIpc) is 3.17. The first-order chi connectivity index (χ1) is 15.5. The minimum atomic E-state index is -0.697. The number of aromatic hydroxyl groups is 1. The molecule has 0 aliphatic heterocycles. The van der Waals surface area contributed by atoms with Gasteiger partial charge in [0.25, 0.3) is 16.8 Å². The molecule has 0 spiro atoms. The van der Waals surface area contributed by atoms with Gasteiger partial charge in [-0.15, -0.1) is 0 Å². The molecule has 2 aromatic heterocycles. The van der Waals surface area contributed by atoms with Crippen molar-refractivity contribution in [1.29, 1.82) is 0 Å². The third-order valence-electron chi connectivity index (χ3n) is 6.45. The van der Waals surface area contributed by atoms with Gasteiger partial charge >= 0.3 is 0 Å². The third kappa shape index (κ3) is 3.77. The van der Waals surface area contributed by atoms with Crippen molar-refractivity contribution in [2.24, 2.45) is 5.41 Å². The van der Waals surface area contributed by atoms with E-state index in [1.54, 1.807) is 14.0 Å². The van der Waals surface area contributed by atoms with Crippen LogP contribution in [-0.2, 0) is 6.42 Å². The van der Waals surface area contributed by atoms with Gasteiger partial charge in [-0.05, 0) is 49.8 Å². The molecule has 2 heterocycles. The zero-order valence-corrected chi connectivity index (χ0v) is 19.4. The summed E-state index contributed by atoms with van der Waals surface area (Å²) in [6.45, 7) is 8.29. The van der Waals surface area contributed by atoms with Crippen LogP contribution in [0.5, 0.6) is 5.75 Å². The number of nitrogens with zero attached hydrogens (tertiary/aromatic N) is 2. The van der Waals surface area contributed by atoms with Crippen molar-refractivity contribution in [1.82, 2.24) is 9.88 Å². The van der Waals surface area contributed by atoms with E-state index in [1.165, 1.54) is 17.2 Å². The fourth-order valence-electron chi connectivity index (χ4n) is 4.20. The molecule has 9 heteroatoms. The predicted molar refractivity (Wildman–Crippen MR) is 125 cm³/mol. The van der Waals surface area contributed by atoms with E-state index in [1.807, 2.05) is 13.0 Å². The minimum absolute atomic E-state index is 0.0370. The van der Waals surface area contributed by atoms with Gasteiger partial charge < -0.3 is 25.1 Å². The summed E-state index contributed by atoms with van der Waals surface area (Å²) in [5, 5.41) is 16.7. The van der Waals surface area contributed by atoms with Gasteiger partial charge in [-0.3, -0.25) is 14.4 Å². The molecule has 33 heavy (non-hydrogen) atoms. The minimum Gasteiger partial charge on any atom is -0.504 e. The number of fused-ring (bicyclic) bond motifs is 1. The lowest BCUT2D eigenvalue weighted by Crippen LogP contribution is -2.41. The Morgan fingerprint density at radius 3 is 2.70 bits per heavy atom. The molecule has 0 bridgehead atoms. The number of rotatable bonds is 6. The number of amides is 1. The molecule has 0 fully saturated rings. The van der Waals surface area contributed by atoms with Gasteiger partial charge in [0.15, 0.2) is 11.4 Å². The summed E-state index contributed by atoms with van der Waals surface area (Å²) < 4.78 is 5.94. The smallest absolute Gasteiger partial charge is 0.276 e. The zero-order chi connectivity index (χ0) is 24.1. The summed E-state index contributed by atoms with van der Waals surface area (Å²) >= 11 is 0. The summed E-state index contributed by atoms with van der Waals surface area (Å²) in [7, 11) is 1.60. The van der Waals surface area contributed by atoms with Gasteiger partial charge in [0, 0.05) is 19.8 Å². The average molecular weight is 453 g/mol. The fraction of sp³-hybridized carbons (Fsp3) is 0.417. The van der Waals surface area contributed by atoms with E-state index in [0.29, 0.717) is 6.54 Å². The molecule has 1 unspecified atom stereocenters. The third-order valence-corrected chi connectivity index (χ3v) is 6.45. The normalized spacial score (nSPS) is 16.9. The first-order valence-electron chi connectivity index (χ1n) is 10.9. The van der Waals surface area contributed by atoms with Crippen molar-refractivity contribution in [3.8, 4) is 5.75 Å². The molecule has 1 aliphatic carbocycles. The van der Waals surface area contributed by atoms with Crippen molar-refractivity contribution in [2.45, 2.75) is 46.6 Å². The number of aromatic nitrogens is 1. The van der Waals surface area contributed by atoms with E-state index in [9.17, 15) is 19.5 Å². The first kappa shape index (κ1) is 22.6. The molecule has 9 nitrogen and oxygen atoms in total. The second-order valence-corrected chi connectivity index (χ2v) is 9.22. The van der Waals surface area contributed by atoms with Crippen molar-refractivity contribution >= 4 is 23.0 Å². The summed E-state index contributed by atoms with van der Waals surface area (Å²) in [6, 6.07) is 3.14. The van der Waals surface area contributed by atoms with Gasteiger partial charge in [-0.25, -0.2) is 4.98 Å². The van der Waals surface area contributed by atoms with Crippen LogP contribution < -0.4 is 21.5 Å². The number of hydrogen-bond donors (Lipinski definition) is 3. The molecule has 1 amide bonds. The van der Waals surface area contributed by atoms with Gasteiger partial charge in [0.05, 0.1) is 11.7 Å². The lowest BCUT2D eigenvalue weighted by atomic mass is 9.73. The largest absolute Gasteiger partial charge is 0.504 e. The first-order valence-corrected chi connectivity index (χ1v) is 10.9. The highest BCUT2D eigenvalue weighted by atomic mass is 16.3. The van der Waals surface area contributed by atoms with Gasteiger partial charge in [-0.1, -0.05) is 13.8 Å². The summed E-state index contributed by atoms with van der Waals surface area (Å²) in [4.78, 5) is 42.7. The summed E-state index contributed by atoms with van der Waals surface area (Å²) in [5.41, 5.74) is -0.322. The molecule has 3 aromatic rings. The van der Waals surface area contributed by atoms with E-state index in [4.69, 9.17) is 4.42 Å². The van der Waals surface area contributed by atoms with E-state index in [-0.39, 0.29) is 40.0 Å². The number of carbonyl (C=O) groups excluding carboxylic acids is 1. The van der Waals surface area contributed by atoms with Crippen LogP contribution in [0.3, 0.4) is 0 Å². The van der Waals surface area contributed by atoms with Crippen LogP contribution in [-0.4, -0.2) is 34.5 Å². The fourth-order valence-corrected chi connectivity index (χ4v) is 4.20. The molecule has 3 N–H and O–H groups in total. The van der Waals surface area contributed by atoms with E-state index in [0.717, 1.165) is 29.9 Å². The Morgan fingerprint density at radius 2 is 2.00 bits per heavy atom. The van der Waals surface area contributed by atoms with Crippen LogP contribution >= 0.6 is 0 Å². The second-order valence-electron chi connectivity index (χ2n) is 9.22. The standard InChI is InChI=1S/C24H28N4O5/c1-6-28(5)23(32)17-18(29)14(8-10-25-17)26-15-16(20(31)19(15)30)27-22-21-13(11-12(2)33-21)7-9-24(22,3)4/h8,10-11,22,27,29H,6-7,9H2,1-5H3,(H,25,26). The maximum absolute atomic E-state index is 12.5.